The molecule has 1 fully saturated rings. The van der Waals surface area contributed by atoms with E-state index in [0.29, 0.717) is 6.42 Å². The standard InChI is InChI=1S/C19H25NO5/c1-4-12(2)10-15(11-16(21)22)18(23)20-13(3)17(25-19(20)24)14-8-6-5-7-9-14/h5-9,12-13,15,17H,4,10-11H2,1-3H3,(H,21,22)/t12-,13+,15-,17+/m0/s1. The first-order valence-electron chi connectivity index (χ1n) is 8.65. The number of hydrogen-bond acceptors (Lipinski definition) is 4. The largest absolute Gasteiger partial charge is 0.481 e. The number of benzene rings is 1. The predicted octanol–water partition coefficient (Wildman–Crippen LogP) is 3.62. The molecule has 0 radical (unpaired) electrons. The molecule has 1 aromatic rings. The summed E-state index contributed by atoms with van der Waals surface area (Å²) >= 11 is 0. The highest BCUT2D eigenvalue weighted by atomic mass is 16.6. The number of cyclic esters (lactones) is 1. The third-order valence-corrected chi connectivity index (χ3v) is 4.79. The SMILES string of the molecule is CC[C@H](C)C[C@@H](CC(=O)O)C(=O)N1C(=O)O[C@@H](c2ccccc2)[C@H]1C. The summed E-state index contributed by atoms with van der Waals surface area (Å²) in [5.74, 6) is -2.02. The van der Waals surface area contributed by atoms with Crippen LogP contribution in [0.25, 0.3) is 0 Å². The minimum Gasteiger partial charge on any atom is -0.481 e. The fourth-order valence-electron chi connectivity index (χ4n) is 3.18. The van der Waals surface area contributed by atoms with Crippen molar-refractivity contribution in [1.29, 1.82) is 0 Å². The number of rotatable bonds is 7. The van der Waals surface area contributed by atoms with E-state index in [9.17, 15) is 14.4 Å². The first-order chi connectivity index (χ1) is 11.8. The Balaban J connectivity index is 2.20. The molecule has 1 aliphatic heterocycles. The predicted molar refractivity (Wildman–Crippen MR) is 91.8 cm³/mol. The van der Waals surface area contributed by atoms with Crippen molar-refractivity contribution in [3.63, 3.8) is 0 Å². The van der Waals surface area contributed by atoms with E-state index in [2.05, 4.69) is 0 Å². The first kappa shape index (κ1) is 19.0. The Morgan fingerprint density at radius 3 is 2.48 bits per heavy atom. The van der Waals surface area contributed by atoms with Crippen LogP contribution in [0.1, 0.15) is 51.7 Å². The molecule has 6 nitrogen and oxygen atoms in total. The van der Waals surface area contributed by atoms with Crippen molar-refractivity contribution in [2.75, 3.05) is 0 Å². The highest BCUT2D eigenvalue weighted by molar-refractivity contribution is 5.96. The highest BCUT2D eigenvalue weighted by Crippen LogP contribution is 2.34. The van der Waals surface area contributed by atoms with Crippen LogP contribution in [-0.4, -0.2) is 34.0 Å². The maximum absolute atomic E-state index is 12.9. The quantitative estimate of drug-likeness (QED) is 0.814. The summed E-state index contributed by atoms with van der Waals surface area (Å²) in [5, 5.41) is 9.14. The Labute approximate surface area is 147 Å². The van der Waals surface area contributed by atoms with Gasteiger partial charge in [-0.3, -0.25) is 9.59 Å². The summed E-state index contributed by atoms with van der Waals surface area (Å²) in [6, 6.07) is 8.76. The molecule has 0 bridgehead atoms. The van der Waals surface area contributed by atoms with E-state index < -0.39 is 36.0 Å². The molecule has 4 atom stereocenters. The number of aliphatic carboxylic acids is 1. The summed E-state index contributed by atoms with van der Waals surface area (Å²) in [7, 11) is 0. The van der Waals surface area contributed by atoms with Gasteiger partial charge in [-0.2, -0.15) is 0 Å². The number of carbonyl (C=O) groups is 3. The summed E-state index contributed by atoms with van der Waals surface area (Å²) in [6.45, 7) is 5.72. The van der Waals surface area contributed by atoms with Gasteiger partial charge in [0, 0.05) is 5.92 Å². The average molecular weight is 347 g/mol. The molecule has 136 valence electrons. The lowest BCUT2D eigenvalue weighted by atomic mass is 9.90. The second-order valence-electron chi connectivity index (χ2n) is 6.71. The molecular formula is C19H25NO5. The third kappa shape index (κ3) is 4.38. The van der Waals surface area contributed by atoms with Crippen molar-refractivity contribution in [3.05, 3.63) is 35.9 Å². The normalized spacial score (nSPS) is 22.4. The van der Waals surface area contributed by atoms with Gasteiger partial charge in [0.2, 0.25) is 5.91 Å². The number of amides is 2. The summed E-state index contributed by atoms with van der Waals surface area (Å²) in [5.41, 5.74) is 0.815. The molecular weight excluding hydrogens is 322 g/mol. The molecule has 2 rings (SSSR count). The number of carboxylic acids is 1. The van der Waals surface area contributed by atoms with Gasteiger partial charge in [0.25, 0.3) is 0 Å². The van der Waals surface area contributed by atoms with E-state index in [-0.39, 0.29) is 12.3 Å². The van der Waals surface area contributed by atoms with Gasteiger partial charge >= 0.3 is 12.1 Å². The van der Waals surface area contributed by atoms with Gasteiger partial charge in [0.1, 0.15) is 6.10 Å². The minimum atomic E-state index is -1.04. The molecule has 2 amide bonds. The van der Waals surface area contributed by atoms with Gasteiger partial charge < -0.3 is 9.84 Å². The van der Waals surface area contributed by atoms with Crippen LogP contribution in [0.4, 0.5) is 4.79 Å². The van der Waals surface area contributed by atoms with E-state index >= 15 is 0 Å². The van der Waals surface area contributed by atoms with E-state index in [1.165, 1.54) is 0 Å². The van der Waals surface area contributed by atoms with Gasteiger partial charge in [0.15, 0.2) is 0 Å². The Kier molecular flexibility index (Phi) is 6.17. The van der Waals surface area contributed by atoms with Crippen molar-refractivity contribution in [2.24, 2.45) is 11.8 Å². The Morgan fingerprint density at radius 2 is 1.92 bits per heavy atom. The number of imide groups is 1. The summed E-state index contributed by atoms with van der Waals surface area (Å²) < 4.78 is 5.40. The maximum atomic E-state index is 12.9. The van der Waals surface area contributed by atoms with Gasteiger partial charge in [0.05, 0.1) is 12.5 Å². The zero-order chi connectivity index (χ0) is 18.6. The molecule has 1 heterocycles. The van der Waals surface area contributed by atoms with Gasteiger partial charge in [-0.25, -0.2) is 9.69 Å². The van der Waals surface area contributed by atoms with Gasteiger partial charge in [-0.05, 0) is 24.8 Å². The monoisotopic (exact) mass is 347 g/mol. The number of carboxylic acid groups (broad SMARTS) is 1. The number of carbonyl (C=O) groups excluding carboxylic acids is 2. The zero-order valence-electron chi connectivity index (χ0n) is 14.8. The lowest BCUT2D eigenvalue weighted by molar-refractivity contribution is -0.144. The summed E-state index contributed by atoms with van der Waals surface area (Å²) in [4.78, 5) is 37.4. The molecule has 0 aliphatic carbocycles. The van der Waals surface area contributed by atoms with Crippen molar-refractivity contribution >= 4 is 18.0 Å². The van der Waals surface area contributed by atoms with Crippen LogP contribution >= 0.6 is 0 Å². The van der Waals surface area contributed by atoms with E-state index in [1.54, 1.807) is 6.92 Å². The Hall–Kier alpha value is -2.37. The molecule has 1 aromatic carbocycles. The number of ether oxygens (including phenoxy) is 1. The van der Waals surface area contributed by atoms with Crippen molar-refractivity contribution < 1.29 is 24.2 Å². The second-order valence-corrected chi connectivity index (χ2v) is 6.71. The molecule has 0 saturated carbocycles. The van der Waals surface area contributed by atoms with Crippen molar-refractivity contribution in [1.82, 2.24) is 4.90 Å². The molecule has 0 aromatic heterocycles. The zero-order valence-corrected chi connectivity index (χ0v) is 14.8. The smallest absolute Gasteiger partial charge is 0.417 e. The topological polar surface area (TPSA) is 83.9 Å². The maximum Gasteiger partial charge on any atom is 0.417 e. The van der Waals surface area contributed by atoms with Crippen molar-refractivity contribution in [2.45, 2.75) is 52.2 Å². The minimum absolute atomic E-state index is 0.201. The number of nitrogens with zero attached hydrogens (tertiary/aromatic N) is 1. The van der Waals surface area contributed by atoms with Crippen LogP contribution in [-0.2, 0) is 14.3 Å². The van der Waals surface area contributed by atoms with Crippen LogP contribution in [0.2, 0.25) is 0 Å². The molecule has 1 saturated heterocycles. The lowest BCUT2D eigenvalue weighted by Gasteiger charge is -2.25. The molecule has 25 heavy (non-hydrogen) atoms. The van der Waals surface area contributed by atoms with Crippen LogP contribution in [0.5, 0.6) is 0 Å². The molecule has 0 unspecified atom stereocenters. The molecule has 1 N–H and O–H groups in total. The van der Waals surface area contributed by atoms with E-state index in [1.807, 2.05) is 44.2 Å². The van der Waals surface area contributed by atoms with Gasteiger partial charge in [-0.15, -0.1) is 0 Å². The van der Waals surface area contributed by atoms with Crippen molar-refractivity contribution in [3.8, 4) is 0 Å². The third-order valence-electron chi connectivity index (χ3n) is 4.79. The van der Waals surface area contributed by atoms with Crippen LogP contribution in [0.3, 0.4) is 0 Å². The van der Waals surface area contributed by atoms with Gasteiger partial charge in [-0.1, -0.05) is 50.6 Å². The highest BCUT2D eigenvalue weighted by Gasteiger charge is 2.45. The summed E-state index contributed by atoms with van der Waals surface area (Å²) in [6.07, 6.45) is -0.238. The van der Waals surface area contributed by atoms with Crippen LogP contribution in [0, 0.1) is 11.8 Å². The molecule has 1 aliphatic rings. The first-order valence-corrected chi connectivity index (χ1v) is 8.65. The average Bonchev–Trinajstić information content (AvgIpc) is 2.88. The second kappa shape index (κ2) is 8.14. The van der Waals surface area contributed by atoms with E-state index in [4.69, 9.17) is 9.84 Å². The lowest BCUT2D eigenvalue weighted by Crippen LogP contribution is -2.42. The Bertz CT molecular complexity index is 630. The molecule has 6 heteroatoms. The van der Waals surface area contributed by atoms with Crippen LogP contribution in [0.15, 0.2) is 30.3 Å². The molecule has 0 spiro atoms. The fraction of sp³-hybridized carbons (Fsp3) is 0.526. The number of hydrogen-bond donors (Lipinski definition) is 1. The van der Waals surface area contributed by atoms with Crippen LogP contribution < -0.4 is 0 Å². The Morgan fingerprint density at radius 1 is 1.28 bits per heavy atom. The fourth-order valence-corrected chi connectivity index (χ4v) is 3.18. The van der Waals surface area contributed by atoms with E-state index in [0.717, 1.165) is 16.9 Å².